The van der Waals surface area contributed by atoms with E-state index in [1.165, 1.54) is 19.3 Å². The van der Waals surface area contributed by atoms with Gasteiger partial charge in [0.15, 0.2) is 0 Å². The van der Waals surface area contributed by atoms with Crippen molar-refractivity contribution in [2.45, 2.75) is 47.0 Å². The molecule has 0 saturated heterocycles. The maximum atomic E-state index is 2.42. The second kappa shape index (κ2) is 3.00. The van der Waals surface area contributed by atoms with Gasteiger partial charge in [0.05, 0.1) is 0 Å². The van der Waals surface area contributed by atoms with E-state index in [0.717, 1.165) is 5.92 Å². The van der Waals surface area contributed by atoms with Crippen molar-refractivity contribution in [2.24, 2.45) is 11.3 Å². The molecule has 0 aromatic heterocycles. The largest absolute Gasteiger partial charge is 0.0848 e. The van der Waals surface area contributed by atoms with Crippen molar-refractivity contribution in [1.82, 2.24) is 0 Å². The number of rotatable bonds is 2. The number of hydrogen-bond donors (Lipinski definition) is 0. The molecule has 0 nitrogen and oxygen atoms in total. The second-order valence-electron chi connectivity index (χ2n) is 4.33. The predicted octanol–water partition coefficient (Wildman–Crippen LogP) is 3.78. The van der Waals surface area contributed by atoms with Gasteiger partial charge in [-0.1, -0.05) is 38.8 Å². The molecular formula is C11H20. The molecule has 1 aliphatic carbocycles. The molecule has 0 amide bonds. The van der Waals surface area contributed by atoms with Gasteiger partial charge in [-0.05, 0) is 31.1 Å². The summed E-state index contributed by atoms with van der Waals surface area (Å²) in [5.74, 6) is 0.910. The molecule has 64 valence electrons. The maximum absolute atomic E-state index is 2.42. The Labute approximate surface area is 70.7 Å². The van der Waals surface area contributed by atoms with Gasteiger partial charge in [-0.3, -0.25) is 0 Å². The summed E-state index contributed by atoms with van der Waals surface area (Å²) in [6.07, 6.45) is 6.45. The lowest BCUT2D eigenvalue weighted by Gasteiger charge is -2.29. The first-order chi connectivity index (χ1) is 5.09. The zero-order chi connectivity index (χ0) is 8.48. The van der Waals surface area contributed by atoms with E-state index in [-0.39, 0.29) is 0 Å². The average molecular weight is 152 g/mol. The van der Waals surface area contributed by atoms with Crippen LogP contribution in [0.25, 0.3) is 0 Å². The highest BCUT2D eigenvalue weighted by atomic mass is 14.4. The Kier molecular flexibility index (Phi) is 2.41. The van der Waals surface area contributed by atoms with E-state index in [1.54, 1.807) is 5.57 Å². The van der Waals surface area contributed by atoms with Gasteiger partial charge in [-0.2, -0.15) is 0 Å². The molecule has 11 heavy (non-hydrogen) atoms. The van der Waals surface area contributed by atoms with Crippen molar-refractivity contribution >= 4 is 0 Å². The van der Waals surface area contributed by atoms with Gasteiger partial charge in [0.25, 0.3) is 0 Å². The van der Waals surface area contributed by atoms with Gasteiger partial charge in [-0.25, -0.2) is 0 Å². The first kappa shape index (κ1) is 8.83. The van der Waals surface area contributed by atoms with Gasteiger partial charge in [-0.15, -0.1) is 0 Å². The minimum atomic E-state index is 0.482. The molecule has 0 heteroatoms. The van der Waals surface area contributed by atoms with Crippen LogP contribution in [0, 0.1) is 11.3 Å². The topological polar surface area (TPSA) is 0 Å². The molecule has 0 aliphatic heterocycles. The van der Waals surface area contributed by atoms with Crippen LogP contribution in [-0.4, -0.2) is 0 Å². The quantitative estimate of drug-likeness (QED) is 0.528. The predicted molar refractivity (Wildman–Crippen MR) is 50.6 cm³/mol. The summed E-state index contributed by atoms with van der Waals surface area (Å²) in [5, 5.41) is 0. The van der Waals surface area contributed by atoms with Crippen molar-refractivity contribution in [1.29, 1.82) is 0 Å². The van der Waals surface area contributed by atoms with E-state index in [0.29, 0.717) is 5.41 Å². The third-order valence-corrected chi connectivity index (χ3v) is 3.38. The van der Waals surface area contributed by atoms with Crippen LogP contribution in [0.4, 0.5) is 0 Å². The summed E-state index contributed by atoms with van der Waals surface area (Å²) in [4.78, 5) is 0. The van der Waals surface area contributed by atoms with E-state index in [9.17, 15) is 0 Å². The van der Waals surface area contributed by atoms with Gasteiger partial charge in [0, 0.05) is 0 Å². The molecule has 0 spiro atoms. The summed E-state index contributed by atoms with van der Waals surface area (Å²) >= 11 is 0. The van der Waals surface area contributed by atoms with Crippen molar-refractivity contribution in [3.05, 3.63) is 11.6 Å². The zero-order valence-corrected chi connectivity index (χ0v) is 8.28. The fourth-order valence-electron chi connectivity index (χ4n) is 2.03. The minimum Gasteiger partial charge on any atom is -0.0848 e. The van der Waals surface area contributed by atoms with Crippen molar-refractivity contribution in [3.8, 4) is 0 Å². The third kappa shape index (κ3) is 1.50. The normalized spacial score (nSPS) is 28.7. The Bertz CT molecular complexity index is 163. The van der Waals surface area contributed by atoms with E-state index in [1.807, 2.05) is 0 Å². The van der Waals surface area contributed by atoms with Crippen LogP contribution in [0.3, 0.4) is 0 Å². The van der Waals surface area contributed by atoms with Crippen molar-refractivity contribution in [3.63, 3.8) is 0 Å². The van der Waals surface area contributed by atoms with Crippen LogP contribution < -0.4 is 0 Å². The Hall–Kier alpha value is -0.260. The molecule has 0 aromatic rings. The average Bonchev–Trinajstić information content (AvgIpc) is 2.16. The van der Waals surface area contributed by atoms with Crippen LogP contribution in [0.5, 0.6) is 0 Å². The van der Waals surface area contributed by atoms with Gasteiger partial charge in [0.1, 0.15) is 0 Å². The number of allylic oxidation sites excluding steroid dienone is 2. The summed E-state index contributed by atoms with van der Waals surface area (Å²) in [7, 11) is 0. The fraction of sp³-hybridized carbons (Fsp3) is 0.818. The van der Waals surface area contributed by atoms with Crippen LogP contribution in [0.1, 0.15) is 47.0 Å². The first-order valence-electron chi connectivity index (χ1n) is 4.76. The van der Waals surface area contributed by atoms with Gasteiger partial charge in [0.2, 0.25) is 0 Å². The highest BCUT2D eigenvalue weighted by molar-refractivity contribution is 5.17. The summed E-state index contributed by atoms with van der Waals surface area (Å²) in [6.45, 7) is 9.32. The minimum absolute atomic E-state index is 0.482. The molecule has 0 radical (unpaired) electrons. The Balaban J connectivity index is 2.62. The van der Waals surface area contributed by atoms with Crippen molar-refractivity contribution < 1.29 is 0 Å². The lowest BCUT2D eigenvalue weighted by Crippen LogP contribution is -2.19. The molecule has 0 bridgehead atoms. The molecule has 0 N–H and O–H groups in total. The van der Waals surface area contributed by atoms with Crippen LogP contribution in [0.15, 0.2) is 11.6 Å². The zero-order valence-electron chi connectivity index (χ0n) is 8.28. The molecule has 0 saturated carbocycles. The molecule has 1 unspecified atom stereocenters. The monoisotopic (exact) mass is 152 g/mol. The van der Waals surface area contributed by atoms with Crippen LogP contribution in [-0.2, 0) is 0 Å². The van der Waals surface area contributed by atoms with E-state index in [2.05, 4.69) is 33.8 Å². The Morgan fingerprint density at radius 2 is 2.18 bits per heavy atom. The van der Waals surface area contributed by atoms with Crippen LogP contribution >= 0.6 is 0 Å². The molecule has 0 heterocycles. The third-order valence-electron chi connectivity index (χ3n) is 3.38. The molecule has 0 aromatic carbocycles. The molecule has 1 rings (SSSR count). The molecule has 1 aliphatic rings. The smallest absolute Gasteiger partial charge is 0.0116 e. The second-order valence-corrected chi connectivity index (χ2v) is 4.33. The van der Waals surface area contributed by atoms with Crippen LogP contribution in [0.2, 0.25) is 0 Å². The fourth-order valence-corrected chi connectivity index (χ4v) is 2.03. The lowest BCUT2D eigenvalue weighted by molar-refractivity contribution is 0.273. The summed E-state index contributed by atoms with van der Waals surface area (Å²) < 4.78 is 0. The summed E-state index contributed by atoms with van der Waals surface area (Å²) in [5.41, 5.74) is 2.08. The molecular weight excluding hydrogens is 132 g/mol. The van der Waals surface area contributed by atoms with Gasteiger partial charge >= 0.3 is 0 Å². The van der Waals surface area contributed by atoms with Gasteiger partial charge < -0.3 is 0 Å². The summed E-state index contributed by atoms with van der Waals surface area (Å²) in [6, 6.07) is 0. The Morgan fingerprint density at radius 1 is 1.55 bits per heavy atom. The SMILES string of the molecule is CCCC1CC=C(C)C1(C)C. The molecule has 1 atom stereocenters. The highest BCUT2D eigenvalue weighted by Crippen LogP contribution is 2.44. The van der Waals surface area contributed by atoms with E-state index >= 15 is 0 Å². The van der Waals surface area contributed by atoms with E-state index < -0.39 is 0 Å². The first-order valence-corrected chi connectivity index (χ1v) is 4.76. The maximum Gasteiger partial charge on any atom is -0.0116 e. The lowest BCUT2D eigenvalue weighted by atomic mass is 9.76. The van der Waals surface area contributed by atoms with Crippen molar-refractivity contribution in [2.75, 3.05) is 0 Å². The highest BCUT2D eigenvalue weighted by Gasteiger charge is 2.33. The number of hydrogen-bond acceptors (Lipinski definition) is 0. The van der Waals surface area contributed by atoms with E-state index in [4.69, 9.17) is 0 Å². The Morgan fingerprint density at radius 3 is 2.55 bits per heavy atom. The standard InChI is InChI=1S/C11H20/c1-5-6-10-8-7-9(2)11(10,3)4/h7,10H,5-6,8H2,1-4H3. The molecule has 0 fully saturated rings.